The predicted octanol–water partition coefficient (Wildman–Crippen LogP) is 3.51. The van der Waals surface area contributed by atoms with Gasteiger partial charge in [0.25, 0.3) is 0 Å². The van der Waals surface area contributed by atoms with Crippen LogP contribution in [0.25, 0.3) is 21.8 Å². The number of rotatable bonds is 5. The molecule has 2 saturated heterocycles. The normalized spacial score (nSPS) is 26.3. The summed E-state index contributed by atoms with van der Waals surface area (Å²) in [7, 11) is -2.92. The third-order valence-electron chi connectivity index (χ3n) is 7.43. The number of nitrogens with one attached hydrogen (secondary N) is 1. The molecule has 11 heteroatoms. The molecule has 3 fully saturated rings. The minimum absolute atomic E-state index is 0.0674. The molecule has 35 heavy (non-hydrogen) atoms. The lowest BCUT2D eigenvalue weighted by Gasteiger charge is -2.31. The number of aromatic nitrogens is 3. The Hall–Kier alpha value is -2.63. The van der Waals surface area contributed by atoms with Gasteiger partial charge in [-0.2, -0.15) is 0 Å². The van der Waals surface area contributed by atoms with Crippen LogP contribution < -0.4 is 11.1 Å². The van der Waals surface area contributed by atoms with Crippen LogP contribution in [0.1, 0.15) is 24.8 Å². The summed E-state index contributed by atoms with van der Waals surface area (Å²) in [4.78, 5) is 14.8. The number of halogens is 1. The standard InChI is InChI=1S/C24H26FN5O3S2/c1-24(6-9-33-10-7-24)22-29-20(13-3-2-4-16(26)18(13)25)21(34-22)17-5-8-27-23(28-17)30-19-14-11-35(31,32)12-15(14)19/h2-5,8,14-15,19H,6-7,9-12,26H2,1H3,(H,27,28,30)/t14-,15+,19?. The highest BCUT2D eigenvalue weighted by Gasteiger charge is 2.59. The lowest BCUT2D eigenvalue weighted by Crippen LogP contribution is -2.30. The molecule has 0 bridgehead atoms. The molecular formula is C24H26FN5O3S2. The number of anilines is 2. The van der Waals surface area contributed by atoms with E-state index in [2.05, 4.69) is 17.2 Å². The van der Waals surface area contributed by atoms with Crippen LogP contribution in [0.3, 0.4) is 0 Å². The van der Waals surface area contributed by atoms with Gasteiger partial charge in [0.05, 0.1) is 38.5 Å². The van der Waals surface area contributed by atoms with E-state index in [-0.39, 0.29) is 40.5 Å². The molecule has 3 aliphatic rings. The summed E-state index contributed by atoms with van der Waals surface area (Å²) in [6.07, 6.45) is 3.33. The molecule has 0 spiro atoms. The smallest absolute Gasteiger partial charge is 0.223 e. The van der Waals surface area contributed by atoms with Gasteiger partial charge in [0.1, 0.15) is 0 Å². The van der Waals surface area contributed by atoms with Crippen molar-refractivity contribution >= 4 is 32.8 Å². The van der Waals surface area contributed by atoms with Gasteiger partial charge < -0.3 is 15.8 Å². The minimum Gasteiger partial charge on any atom is -0.396 e. The number of hydrogen-bond donors (Lipinski definition) is 2. The minimum atomic E-state index is -2.92. The van der Waals surface area contributed by atoms with Crippen molar-refractivity contribution < 1.29 is 17.5 Å². The summed E-state index contributed by atoms with van der Waals surface area (Å²) in [6.45, 7) is 3.49. The van der Waals surface area contributed by atoms with Crippen LogP contribution in [0.4, 0.5) is 16.0 Å². The summed E-state index contributed by atoms with van der Waals surface area (Å²) in [5, 5.41) is 4.23. The fourth-order valence-electron chi connectivity index (χ4n) is 5.17. The Balaban J connectivity index is 1.38. The molecule has 2 aromatic heterocycles. The first-order valence-corrected chi connectivity index (χ1v) is 14.3. The maximum absolute atomic E-state index is 15.1. The second kappa shape index (κ2) is 8.21. The second-order valence-electron chi connectivity index (χ2n) is 9.92. The molecule has 4 heterocycles. The molecule has 1 aromatic carbocycles. The largest absolute Gasteiger partial charge is 0.396 e. The van der Waals surface area contributed by atoms with Gasteiger partial charge in [-0.3, -0.25) is 0 Å². The molecule has 6 rings (SSSR count). The molecule has 8 nitrogen and oxygen atoms in total. The maximum atomic E-state index is 15.1. The van der Waals surface area contributed by atoms with Crippen molar-refractivity contribution in [3.8, 4) is 21.8 Å². The summed E-state index contributed by atoms with van der Waals surface area (Å²) in [5.41, 5.74) is 7.27. The van der Waals surface area contributed by atoms with E-state index in [0.717, 1.165) is 22.7 Å². The van der Waals surface area contributed by atoms with Crippen LogP contribution in [0, 0.1) is 17.7 Å². The quantitative estimate of drug-likeness (QED) is 0.496. The van der Waals surface area contributed by atoms with E-state index in [9.17, 15) is 8.42 Å². The van der Waals surface area contributed by atoms with Gasteiger partial charge in [0.2, 0.25) is 5.95 Å². The van der Waals surface area contributed by atoms with Gasteiger partial charge in [-0.1, -0.05) is 13.0 Å². The Labute approximate surface area is 207 Å². The number of nitrogens with zero attached hydrogens (tertiary/aromatic N) is 3. The third-order valence-corrected chi connectivity index (χ3v) is 10.6. The Morgan fingerprint density at radius 1 is 1.17 bits per heavy atom. The first-order valence-electron chi connectivity index (χ1n) is 11.7. The molecular weight excluding hydrogens is 489 g/mol. The maximum Gasteiger partial charge on any atom is 0.223 e. The number of sulfone groups is 1. The Morgan fingerprint density at radius 2 is 1.91 bits per heavy atom. The first-order chi connectivity index (χ1) is 16.7. The lowest BCUT2D eigenvalue weighted by molar-refractivity contribution is 0.0564. The zero-order valence-corrected chi connectivity index (χ0v) is 20.8. The lowest BCUT2D eigenvalue weighted by atomic mass is 9.83. The second-order valence-corrected chi connectivity index (χ2v) is 13.1. The van der Waals surface area contributed by atoms with E-state index in [1.807, 2.05) is 0 Å². The summed E-state index contributed by atoms with van der Waals surface area (Å²) < 4.78 is 44.2. The molecule has 184 valence electrons. The van der Waals surface area contributed by atoms with E-state index < -0.39 is 15.7 Å². The van der Waals surface area contributed by atoms with Crippen LogP contribution >= 0.6 is 11.3 Å². The van der Waals surface area contributed by atoms with Gasteiger partial charge >= 0.3 is 0 Å². The van der Waals surface area contributed by atoms with Gasteiger partial charge in [0.15, 0.2) is 15.7 Å². The van der Waals surface area contributed by atoms with Crippen molar-refractivity contribution in [3.05, 3.63) is 41.3 Å². The molecule has 1 aliphatic carbocycles. The van der Waals surface area contributed by atoms with E-state index in [1.165, 1.54) is 17.4 Å². The van der Waals surface area contributed by atoms with Crippen molar-refractivity contribution in [3.63, 3.8) is 0 Å². The molecule has 1 saturated carbocycles. The van der Waals surface area contributed by atoms with Crippen molar-refractivity contribution in [1.29, 1.82) is 0 Å². The average molecular weight is 516 g/mol. The summed E-state index contributed by atoms with van der Waals surface area (Å²) in [6, 6.07) is 6.80. The number of nitrogens with two attached hydrogens (primary N) is 1. The highest BCUT2D eigenvalue weighted by atomic mass is 32.2. The third kappa shape index (κ3) is 4.09. The number of benzene rings is 1. The Morgan fingerprint density at radius 3 is 2.66 bits per heavy atom. The van der Waals surface area contributed by atoms with Gasteiger partial charge in [0, 0.05) is 36.4 Å². The number of thiazole rings is 1. The van der Waals surface area contributed by atoms with Crippen LogP contribution in [-0.2, 0) is 20.0 Å². The highest BCUT2D eigenvalue weighted by Crippen LogP contribution is 2.48. The van der Waals surface area contributed by atoms with E-state index in [1.54, 1.807) is 24.4 Å². The zero-order chi connectivity index (χ0) is 24.4. The van der Waals surface area contributed by atoms with Crippen LogP contribution in [0.5, 0.6) is 0 Å². The Bertz CT molecular complexity index is 1390. The molecule has 0 radical (unpaired) electrons. The van der Waals surface area contributed by atoms with E-state index in [0.29, 0.717) is 36.1 Å². The van der Waals surface area contributed by atoms with Crippen molar-refractivity contribution in [2.24, 2.45) is 11.8 Å². The average Bonchev–Trinajstić information content (AvgIpc) is 3.17. The van der Waals surface area contributed by atoms with Crippen LogP contribution in [-0.4, -0.2) is 54.1 Å². The number of ether oxygens (including phenoxy) is 1. The van der Waals surface area contributed by atoms with Crippen molar-refractivity contribution in [2.75, 3.05) is 35.8 Å². The number of fused-ring (bicyclic) bond motifs is 1. The van der Waals surface area contributed by atoms with E-state index >= 15 is 4.39 Å². The summed E-state index contributed by atoms with van der Waals surface area (Å²) in [5.74, 6) is 0.607. The predicted molar refractivity (Wildman–Crippen MR) is 133 cm³/mol. The Kier molecular flexibility index (Phi) is 5.35. The fourth-order valence-corrected chi connectivity index (χ4v) is 8.64. The fraction of sp³-hybridized carbons (Fsp3) is 0.458. The monoisotopic (exact) mass is 515 g/mol. The number of nitrogen functional groups attached to an aromatic ring is 1. The van der Waals surface area contributed by atoms with Crippen molar-refractivity contribution in [2.45, 2.75) is 31.2 Å². The first kappa shape index (κ1) is 22.8. The topological polar surface area (TPSA) is 120 Å². The molecule has 0 amide bonds. The molecule has 3 atom stereocenters. The number of hydrogen-bond acceptors (Lipinski definition) is 9. The molecule has 2 aliphatic heterocycles. The van der Waals surface area contributed by atoms with Gasteiger partial charge in [-0.05, 0) is 42.9 Å². The molecule has 3 N–H and O–H groups in total. The summed E-state index contributed by atoms with van der Waals surface area (Å²) >= 11 is 1.52. The molecule has 3 aromatic rings. The zero-order valence-electron chi connectivity index (χ0n) is 19.2. The van der Waals surface area contributed by atoms with Crippen LogP contribution in [0.2, 0.25) is 0 Å². The van der Waals surface area contributed by atoms with Crippen LogP contribution in [0.15, 0.2) is 30.5 Å². The molecule has 1 unspecified atom stereocenters. The van der Waals surface area contributed by atoms with E-state index in [4.69, 9.17) is 20.4 Å². The SMILES string of the molecule is CC1(c2nc(-c3cccc(N)c3F)c(-c3ccnc(NC4[C@H]5CS(=O)(=O)C[C@@H]45)n3)s2)CCOCC1. The van der Waals surface area contributed by atoms with Gasteiger partial charge in [-0.15, -0.1) is 11.3 Å². The highest BCUT2D eigenvalue weighted by molar-refractivity contribution is 7.91. The van der Waals surface area contributed by atoms with Gasteiger partial charge in [-0.25, -0.2) is 27.8 Å². The van der Waals surface area contributed by atoms with Crippen molar-refractivity contribution in [1.82, 2.24) is 15.0 Å².